The lowest BCUT2D eigenvalue weighted by molar-refractivity contribution is 0.332. The summed E-state index contributed by atoms with van der Waals surface area (Å²) in [6, 6.07) is 22.0. The number of hydrogen-bond acceptors (Lipinski definition) is 0. The lowest BCUT2D eigenvalue weighted by Crippen LogP contribution is -2.32. The highest BCUT2D eigenvalue weighted by molar-refractivity contribution is 5.99. The summed E-state index contributed by atoms with van der Waals surface area (Å²) in [4.78, 5) is 0. The van der Waals surface area contributed by atoms with Gasteiger partial charge in [-0.2, -0.15) is 0 Å². The zero-order chi connectivity index (χ0) is 13.4. The van der Waals surface area contributed by atoms with E-state index < -0.39 is 0 Å². The lowest BCUT2D eigenvalue weighted by Gasteiger charge is -2.46. The van der Waals surface area contributed by atoms with Crippen LogP contribution in [0.3, 0.4) is 0 Å². The van der Waals surface area contributed by atoms with Gasteiger partial charge in [0.05, 0.1) is 0 Å². The zero-order valence-electron chi connectivity index (χ0n) is 11.8. The molecule has 0 bridgehead atoms. The van der Waals surface area contributed by atoms with E-state index in [0.29, 0.717) is 0 Å². The number of fused-ring (bicyclic) bond motifs is 1. The molecule has 2 aromatic rings. The van der Waals surface area contributed by atoms with Gasteiger partial charge in [0.25, 0.3) is 0 Å². The molecule has 0 spiro atoms. The second kappa shape index (κ2) is 4.94. The molecule has 0 radical (unpaired) electrons. The highest BCUT2D eigenvalue weighted by Gasteiger charge is 2.42. The molecule has 0 aliphatic heterocycles. The summed E-state index contributed by atoms with van der Waals surface area (Å²) >= 11 is 0. The van der Waals surface area contributed by atoms with Crippen LogP contribution in [0.2, 0.25) is 0 Å². The van der Waals surface area contributed by atoms with Gasteiger partial charge in [-0.05, 0) is 47.0 Å². The molecule has 0 aromatic heterocycles. The van der Waals surface area contributed by atoms with Gasteiger partial charge in [-0.25, -0.2) is 0 Å². The van der Waals surface area contributed by atoms with Crippen LogP contribution in [-0.2, 0) is 0 Å². The third-order valence-corrected chi connectivity index (χ3v) is 4.97. The molecule has 2 aliphatic rings. The van der Waals surface area contributed by atoms with E-state index in [1.165, 1.54) is 36.8 Å². The average molecular weight is 260 g/mol. The topological polar surface area (TPSA) is 0 Å². The Morgan fingerprint density at radius 3 is 1.35 bits per heavy atom. The van der Waals surface area contributed by atoms with Crippen molar-refractivity contribution in [1.29, 1.82) is 0 Å². The molecular weight excluding hydrogens is 240 g/mol. The van der Waals surface area contributed by atoms with Gasteiger partial charge in [-0.1, -0.05) is 73.5 Å². The van der Waals surface area contributed by atoms with Crippen LogP contribution >= 0.6 is 0 Å². The number of hydrogen-bond donors (Lipinski definition) is 0. The van der Waals surface area contributed by atoms with Gasteiger partial charge in [0.2, 0.25) is 0 Å². The van der Waals surface area contributed by atoms with Gasteiger partial charge in [0.15, 0.2) is 0 Å². The van der Waals surface area contributed by atoms with Crippen LogP contribution in [0.15, 0.2) is 60.7 Å². The first-order chi connectivity index (χ1) is 9.95. The maximum absolute atomic E-state index is 2.28. The Morgan fingerprint density at radius 2 is 0.950 bits per heavy atom. The van der Waals surface area contributed by atoms with E-state index in [9.17, 15) is 0 Å². The van der Waals surface area contributed by atoms with Crippen LogP contribution in [0.5, 0.6) is 0 Å². The van der Waals surface area contributed by atoms with Crippen LogP contribution in [0, 0.1) is 11.8 Å². The van der Waals surface area contributed by atoms with Crippen molar-refractivity contribution in [1.82, 2.24) is 0 Å². The Labute approximate surface area is 121 Å². The quantitative estimate of drug-likeness (QED) is 0.676. The fraction of sp³-hybridized carbons (Fsp3) is 0.300. The average Bonchev–Trinajstić information content (AvgIpc) is 2.51. The van der Waals surface area contributed by atoms with Crippen molar-refractivity contribution >= 4 is 11.1 Å². The molecule has 20 heavy (non-hydrogen) atoms. The first kappa shape index (κ1) is 12.0. The second-order valence-electron chi connectivity index (χ2n) is 6.06. The molecule has 2 aliphatic carbocycles. The molecule has 0 heterocycles. The van der Waals surface area contributed by atoms with Crippen molar-refractivity contribution in [3.8, 4) is 0 Å². The summed E-state index contributed by atoms with van der Waals surface area (Å²) in [5, 5.41) is 0. The molecule has 1 saturated carbocycles. The van der Waals surface area contributed by atoms with Crippen molar-refractivity contribution in [2.45, 2.75) is 25.7 Å². The fourth-order valence-corrected chi connectivity index (χ4v) is 4.10. The van der Waals surface area contributed by atoms with Crippen LogP contribution in [0.1, 0.15) is 36.8 Å². The Kier molecular flexibility index (Phi) is 2.95. The molecule has 1 fully saturated rings. The van der Waals surface area contributed by atoms with Gasteiger partial charge >= 0.3 is 0 Å². The summed E-state index contributed by atoms with van der Waals surface area (Å²) in [6.07, 6.45) is 5.57. The molecule has 100 valence electrons. The normalized spacial score (nSPS) is 25.0. The van der Waals surface area contributed by atoms with Gasteiger partial charge in [-0.3, -0.25) is 0 Å². The second-order valence-corrected chi connectivity index (χ2v) is 6.06. The maximum atomic E-state index is 2.28. The third kappa shape index (κ3) is 1.83. The summed E-state index contributed by atoms with van der Waals surface area (Å²) in [5.41, 5.74) is 6.13. The van der Waals surface area contributed by atoms with Crippen molar-refractivity contribution in [3.05, 3.63) is 71.8 Å². The fourth-order valence-electron chi connectivity index (χ4n) is 4.10. The minimum absolute atomic E-state index is 0.807. The molecule has 0 nitrogen and oxygen atoms in total. The van der Waals surface area contributed by atoms with Crippen molar-refractivity contribution < 1.29 is 0 Å². The molecule has 4 rings (SSSR count). The Hall–Kier alpha value is -1.82. The van der Waals surface area contributed by atoms with E-state index in [2.05, 4.69) is 60.7 Å². The monoisotopic (exact) mass is 260 g/mol. The van der Waals surface area contributed by atoms with E-state index in [-0.39, 0.29) is 0 Å². The van der Waals surface area contributed by atoms with Gasteiger partial charge in [-0.15, -0.1) is 0 Å². The van der Waals surface area contributed by atoms with Crippen LogP contribution in [0.4, 0.5) is 0 Å². The smallest absolute Gasteiger partial charge is 0.00838 e. The summed E-state index contributed by atoms with van der Waals surface area (Å²) in [6.45, 7) is 0. The summed E-state index contributed by atoms with van der Waals surface area (Å²) < 4.78 is 0. The third-order valence-electron chi connectivity index (χ3n) is 4.97. The van der Waals surface area contributed by atoms with Crippen molar-refractivity contribution in [3.63, 3.8) is 0 Å². The minimum atomic E-state index is 0.807. The minimum Gasteiger partial charge on any atom is -0.0622 e. The summed E-state index contributed by atoms with van der Waals surface area (Å²) in [5.74, 6) is 1.61. The van der Waals surface area contributed by atoms with Crippen molar-refractivity contribution in [2.75, 3.05) is 0 Å². The predicted octanol–water partition coefficient (Wildman–Crippen LogP) is 5.42. The molecule has 0 saturated heterocycles. The van der Waals surface area contributed by atoms with E-state index in [1.807, 2.05) is 0 Å². The summed E-state index contributed by atoms with van der Waals surface area (Å²) in [7, 11) is 0. The molecule has 0 unspecified atom stereocenters. The van der Waals surface area contributed by atoms with Gasteiger partial charge in [0.1, 0.15) is 0 Å². The highest BCUT2D eigenvalue weighted by atomic mass is 14.5. The van der Waals surface area contributed by atoms with E-state index >= 15 is 0 Å². The molecule has 2 atom stereocenters. The van der Waals surface area contributed by atoms with E-state index in [0.717, 1.165) is 11.8 Å². The largest absolute Gasteiger partial charge is 0.0622 e. The van der Waals surface area contributed by atoms with Crippen LogP contribution < -0.4 is 0 Å². The SMILES string of the molecule is c1ccc(C2=C(c3ccccc3)[C@@H]3CCCC[C@H]23)cc1. The van der Waals surface area contributed by atoms with Gasteiger partial charge in [0, 0.05) is 0 Å². The maximum Gasteiger partial charge on any atom is -0.00838 e. The van der Waals surface area contributed by atoms with E-state index in [1.54, 1.807) is 11.1 Å². The first-order valence-electron chi connectivity index (χ1n) is 7.80. The Bertz CT molecular complexity index is 564. The lowest BCUT2D eigenvalue weighted by atomic mass is 9.58. The highest BCUT2D eigenvalue weighted by Crippen LogP contribution is 2.57. The van der Waals surface area contributed by atoms with E-state index in [4.69, 9.17) is 0 Å². The number of benzene rings is 2. The molecule has 0 heteroatoms. The molecular formula is C20H20. The molecule has 0 amide bonds. The predicted molar refractivity (Wildman–Crippen MR) is 85.1 cm³/mol. The van der Waals surface area contributed by atoms with Crippen molar-refractivity contribution in [2.24, 2.45) is 11.8 Å². The van der Waals surface area contributed by atoms with Crippen LogP contribution in [-0.4, -0.2) is 0 Å². The molecule has 2 aromatic carbocycles. The standard InChI is InChI=1S/C20H20/c1-3-9-15(10-4-1)19-17-13-7-8-14-18(17)20(19)16-11-5-2-6-12-16/h1-6,9-12,17-18H,7-8,13-14H2/t17-,18+. The zero-order valence-corrected chi connectivity index (χ0v) is 11.8. The number of rotatable bonds is 2. The number of allylic oxidation sites excluding steroid dienone is 2. The van der Waals surface area contributed by atoms with Crippen LogP contribution in [0.25, 0.3) is 11.1 Å². The Morgan fingerprint density at radius 1 is 0.550 bits per heavy atom. The molecule has 0 N–H and O–H groups in total. The first-order valence-corrected chi connectivity index (χ1v) is 7.80. The Balaban J connectivity index is 1.85. The van der Waals surface area contributed by atoms with Gasteiger partial charge < -0.3 is 0 Å².